The van der Waals surface area contributed by atoms with Crippen LogP contribution in [0.25, 0.3) is 0 Å². The van der Waals surface area contributed by atoms with Crippen LogP contribution in [-0.4, -0.2) is 68.3 Å². The first-order valence-electron chi connectivity index (χ1n) is 5.77. The van der Waals surface area contributed by atoms with E-state index in [1.54, 1.807) is 0 Å². The highest BCUT2D eigenvalue weighted by atomic mass is 15.4. The molecular formula is C10H22N4. The first-order valence-corrected chi connectivity index (χ1v) is 5.77. The van der Waals surface area contributed by atoms with Crippen LogP contribution in [0, 0.1) is 0 Å². The largest absolute Gasteiger partial charge is 0.314 e. The second kappa shape index (κ2) is 5.07. The molecule has 0 aromatic heterocycles. The van der Waals surface area contributed by atoms with Crippen molar-refractivity contribution in [3.63, 3.8) is 0 Å². The van der Waals surface area contributed by atoms with Gasteiger partial charge in [0, 0.05) is 52.4 Å². The third-order valence-corrected chi connectivity index (χ3v) is 3.36. The van der Waals surface area contributed by atoms with Gasteiger partial charge in [0.15, 0.2) is 0 Å². The summed E-state index contributed by atoms with van der Waals surface area (Å²) in [6, 6.07) is 0. The Labute approximate surface area is 86.6 Å². The summed E-state index contributed by atoms with van der Waals surface area (Å²) in [5.41, 5.74) is 0. The van der Waals surface area contributed by atoms with E-state index in [9.17, 15) is 0 Å². The van der Waals surface area contributed by atoms with Crippen LogP contribution in [0.2, 0.25) is 0 Å². The molecule has 4 nitrogen and oxygen atoms in total. The Bertz CT molecular complexity index is 144. The van der Waals surface area contributed by atoms with Gasteiger partial charge in [0.25, 0.3) is 0 Å². The Morgan fingerprint density at radius 1 is 0.786 bits per heavy atom. The molecule has 0 bridgehead atoms. The molecule has 0 spiro atoms. The molecule has 2 fully saturated rings. The van der Waals surface area contributed by atoms with Crippen molar-refractivity contribution < 1.29 is 0 Å². The van der Waals surface area contributed by atoms with E-state index in [0.29, 0.717) is 6.17 Å². The van der Waals surface area contributed by atoms with Crippen LogP contribution in [-0.2, 0) is 0 Å². The minimum Gasteiger partial charge on any atom is -0.314 e. The lowest BCUT2D eigenvalue weighted by atomic mass is 10.2. The van der Waals surface area contributed by atoms with Crippen molar-refractivity contribution in [1.82, 2.24) is 20.4 Å². The summed E-state index contributed by atoms with van der Waals surface area (Å²) in [6.45, 7) is 11.7. The van der Waals surface area contributed by atoms with Gasteiger partial charge in [-0.25, -0.2) is 0 Å². The molecular weight excluding hydrogens is 176 g/mol. The summed E-state index contributed by atoms with van der Waals surface area (Å²) >= 11 is 0. The first-order chi connectivity index (χ1) is 6.88. The zero-order chi connectivity index (χ0) is 9.80. The van der Waals surface area contributed by atoms with Gasteiger partial charge in [-0.15, -0.1) is 0 Å². The maximum atomic E-state index is 3.40. The average Bonchev–Trinajstić information content (AvgIpc) is 2.30. The molecule has 0 aliphatic carbocycles. The normalized spacial score (nSPS) is 27.0. The zero-order valence-corrected chi connectivity index (χ0v) is 9.13. The van der Waals surface area contributed by atoms with Crippen molar-refractivity contribution in [2.45, 2.75) is 13.1 Å². The Kier molecular flexibility index (Phi) is 3.75. The number of nitrogens with one attached hydrogen (secondary N) is 2. The summed E-state index contributed by atoms with van der Waals surface area (Å²) in [7, 11) is 0. The van der Waals surface area contributed by atoms with Crippen molar-refractivity contribution in [3.8, 4) is 0 Å². The van der Waals surface area contributed by atoms with Crippen LogP contribution < -0.4 is 10.6 Å². The van der Waals surface area contributed by atoms with E-state index in [-0.39, 0.29) is 0 Å². The van der Waals surface area contributed by atoms with Crippen molar-refractivity contribution in [3.05, 3.63) is 0 Å². The maximum absolute atomic E-state index is 3.40. The van der Waals surface area contributed by atoms with Gasteiger partial charge in [0.1, 0.15) is 0 Å². The molecule has 2 aliphatic rings. The van der Waals surface area contributed by atoms with E-state index < -0.39 is 0 Å². The quantitative estimate of drug-likeness (QED) is 0.605. The summed E-state index contributed by atoms with van der Waals surface area (Å²) in [6.07, 6.45) is 0.624. The third kappa shape index (κ3) is 2.45. The smallest absolute Gasteiger partial charge is 0.0595 e. The van der Waals surface area contributed by atoms with Crippen LogP contribution >= 0.6 is 0 Å². The van der Waals surface area contributed by atoms with Gasteiger partial charge < -0.3 is 10.6 Å². The fourth-order valence-corrected chi connectivity index (χ4v) is 2.34. The van der Waals surface area contributed by atoms with E-state index in [0.717, 1.165) is 26.2 Å². The standard InChI is InChI=1S/C10H22N4/c1-10(13-6-2-11-3-7-13)14-8-4-12-5-9-14/h10-12H,2-9H2,1H3. The molecule has 0 amide bonds. The van der Waals surface area contributed by atoms with Crippen LogP contribution in [0.15, 0.2) is 0 Å². The van der Waals surface area contributed by atoms with Crippen LogP contribution in [0.1, 0.15) is 6.92 Å². The van der Waals surface area contributed by atoms with Gasteiger partial charge in [-0.1, -0.05) is 0 Å². The van der Waals surface area contributed by atoms with Crippen LogP contribution in [0.4, 0.5) is 0 Å². The van der Waals surface area contributed by atoms with E-state index in [1.165, 1.54) is 26.2 Å². The molecule has 2 heterocycles. The predicted octanol–water partition coefficient (Wildman–Crippen LogP) is -0.857. The average molecular weight is 198 g/mol. The molecule has 2 N–H and O–H groups in total. The van der Waals surface area contributed by atoms with Crippen molar-refractivity contribution in [2.75, 3.05) is 52.4 Å². The third-order valence-electron chi connectivity index (χ3n) is 3.36. The lowest BCUT2D eigenvalue weighted by molar-refractivity contribution is 0.0381. The van der Waals surface area contributed by atoms with E-state index >= 15 is 0 Å². The van der Waals surface area contributed by atoms with Crippen LogP contribution in [0.3, 0.4) is 0 Å². The molecule has 0 atom stereocenters. The highest BCUT2D eigenvalue weighted by molar-refractivity contribution is 4.77. The fraction of sp³-hybridized carbons (Fsp3) is 1.00. The SMILES string of the molecule is CC(N1CCNCC1)N1CCNCC1. The monoisotopic (exact) mass is 198 g/mol. The molecule has 0 radical (unpaired) electrons. The molecule has 2 saturated heterocycles. The number of hydrogen-bond acceptors (Lipinski definition) is 4. The lowest BCUT2D eigenvalue weighted by Gasteiger charge is -2.41. The van der Waals surface area contributed by atoms with Crippen LogP contribution in [0.5, 0.6) is 0 Å². The molecule has 2 aliphatic heterocycles. The van der Waals surface area contributed by atoms with Gasteiger partial charge in [-0.3, -0.25) is 9.80 Å². The van der Waals surface area contributed by atoms with Gasteiger partial charge in [0.05, 0.1) is 6.17 Å². The van der Waals surface area contributed by atoms with Gasteiger partial charge in [0.2, 0.25) is 0 Å². The maximum Gasteiger partial charge on any atom is 0.0595 e. The minimum absolute atomic E-state index is 0.624. The second-order valence-electron chi connectivity index (χ2n) is 4.20. The zero-order valence-electron chi connectivity index (χ0n) is 9.13. The molecule has 0 saturated carbocycles. The second-order valence-corrected chi connectivity index (χ2v) is 4.20. The Hall–Kier alpha value is -0.160. The van der Waals surface area contributed by atoms with Crippen molar-refractivity contribution in [2.24, 2.45) is 0 Å². The highest BCUT2D eigenvalue weighted by Gasteiger charge is 2.23. The molecule has 0 unspecified atom stereocenters. The summed E-state index contributed by atoms with van der Waals surface area (Å²) in [5, 5.41) is 6.80. The first kappa shape index (κ1) is 10.4. The molecule has 14 heavy (non-hydrogen) atoms. The predicted molar refractivity (Wildman–Crippen MR) is 58.3 cm³/mol. The Balaban J connectivity index is 1.82. The minimum atomic E-state index is 0.624. The molecule has 2 rings (SSSR count). The molecule has 0 aromatic carbocycles. The Morgan fingerprint density at radius 3 is 1.50 bits per heavy atom. The molecule has 82 valence electrons. The highest BCUT2D eigenvalue weighted by Crippen LogP contribution is 2.07. The number of piperazine rings is 2. The number of hydrogen-bond donors (Lipinski definition) is 2. The lowest BCUT2D eigenvalue weighted by Crippen LogP contribution is -2.57. The number of rotatable bonds is 2. The number of nitrogens with zero attached hydrogens (tertiary/aromatic N) is 2. The van der Waals surface area contributed by atoms with Gasteiger partial charge in [-0.2, -0.15) is 0 Å². The molecule has 4 heteroatoms. The fourth-order valence-electron chi connectivity index (χ4n) is 2.34. The molecule has 0 aromatic rings. The van der Waals surface area contributed by atoms with Crippen molar-refractivity contribution in [1.29, 1.82) is 0 Å². The van der Waals surface area contributed by atoms with E-state index in [4.69, 9.17) is 0 Å². The van der Waals surface area contributed by atoms with Gasteiger partial charge >= 0.3 is 0 Å². The topological polar surface area (TPSA) is 30.5 Å². The summed E-state index contributed by atoms with van der Waals surface area (Å²) < 4.78 is 0. The van der Waals surface area contributed by atoms with Crippen molar-refractivity contribution >= 4 is 0 Å². The summed E-state index contributed by atoms with van der Waals surface area (Å²) in [4.78, 5) is 5.17. The Morgan fingerprint density at radius 2 is 1.14 bits per heavy atom. The van der Waals surface area contributed by atoms with E-state index in [1.807, 2.05) is 0 Å². The summed E-state index contributed by atoms with van der Waals surface area (Å²) in [5.74, 6) is 0. The van der Waals surface area contributed by atoms with E-state index in [2.05, 4.69) is 27.4 Å². The van der Waals surface area contributed by atoms with Gasteiger partial charge in [-0.05, 0) is 6.92 Å².